The van der Waals surface area contributed by atoms with Crippen LogP contribution < -0.4 is 10.1 Å². The van der Waals surface area contributed by atoms with Crippen LogP contribution in [0.3, 0.4) is 0 Å². The molecule has 0 saturated carbocycles. The number of hydrogen-bond donors (Lipinski definition) is 1. The maximum absolute atomic E-state index is 5.08. The summed E-state index contributed by atoms with van der Waals surface area (Å²) in [6.07, 6.45) is 4.14. The highest BCUT2D eigenvalue weighted by molar-refractivity contribution is 5.26. The summed E-state index contributed by atoms with van der Waals surface area (Å²) in [5, 5.41) is 3.31. The third kappa shape index (κ3) is 3.62. The van der Waals surface area contributed by atoms with Gasteiger partial charge in [0.1, 0.15) is 5.75 Å². The molecule has 1 aromatic rings. The molecule has 1 N–H and O–H groups in total. The van der Waals surface area contributed by atoms with Crippen molar-refractivity contribution in [3.05, 3.63) is 42.0 Å². The fraction of sp³-hybridized carbons (Fsp3) is 0.333. The van der Waals surface area contributed by atoms with E-state index >= 15 is 0 Å². The molecular formula is C12H17NO. The van der Waals surface area contributed by atoms with Crippen molar-refractivity contribution >= 4 is 0 Å². The van der Waals surface area contributed by atoms with Gasteiger partial charge in [-0.3, -0.25) is 0 Å². The van der Waals surface area contributed by atoms with Gasteiger partial charge in [-0.05, 0) is 24.6 Å². The third-order valence-electron chi connectivity index (χ3n) is 1.99. The average molecular weight is 191 g/mol. The predicted molar refractivity (Wildman–Crippen MR) is 59.5 cm³/mol. The molecule has 0 heterocycles. The first kappa shape index (κ1) is 10.8. The zero-order valence-corrected chi connectivity index (χ0v) is 8.79. The largest absolute Gasteiger partial charge is 0.497 e. The van der Waals surface area contributed by atoms with E-state index in [2.05, 4.69) is 23.5 Å². The monoisotopic (exact) mass is 191 g/mol. The van der Waals surface area contributed by atoms with Gasteiger partial charge in [-0.1, -0.05) is 24.3 Å². The molecule has 0 aliphatic heterocycles. The Kier molecular flexibility index (Phi) is 4.79. The maximum Gasteiger partial charge on any atom is 0.118 e. The Labute approximate surface area is 85.6 Å². The minimum absolute atomic E-state index is 0.897. The molecule has 14 heavy (non-hydrogen) atoms. The van der Waals surface area contributed by atoms with Crippen LogP contribution in [0.2, 0.25) is 0 Å². The molecule has 0 unspecified atom stereocenters. The van der Waals surface area contributed by atoms with Crippen LogP contribution in [0.15, 0.2) is 36.4 Å². The number of nitrogens with one attached hydrogen (secondary N) is 1. The molecule has 0 fully saturated rings. The standard InChI is InChI=1S/C12H17NO/c1-3-4-9-13-10-11-5-7-12(14-2)8-6-11/h3-8,13H,9-10H2,1-2H3. The van der Waals surface area contributed by atoms with Crippen molar-refractivity contribution in [1.29, 1.82) is 0 Å². The van der Waals surface area contributed by atoms with Gasteiger partial charge in [0.25, 0.3) is 0 Å². The van der Waals surface area contributed by atoms with Crippen LogP contribution >= 0.6 is 0 Å². The van der Waals surface area contributed by atoms with E-state index in [1.807, 2.05) is 25.1 Å². The summed E-state index contributed by atoms with van der Waals surface area (Å²) < 4.78 is 5.08. The lowest BCUT2D eigenvalue weighted by molar-refractivity contribution is 0.414. The highest BCUT2D eigenvalue weighted by Crippen LogP contribution is 2.10. The van der Waals surface area contributed by atoms with Gasteiger partial charge in [0.05, 0.1) is 7.11 Å². The Bertz CT molecular complexity index is 277. The van der Waals surface area contributed by atoms with Crippen molar-refractivity contribution in [1.82, 2.24) is 5.32 Å². The van der Waals surface area contributed by atoms with Crippen LogP contribution in [0.1, 0.15) is 12.5 Å². The second kappa shape index (κ2) is 6.22. The maximum atomic E-state index is 5.08. The van der Waals surface area contributed by atoms with Crippen LogP contribution in [0, 0.1) is 0 Å². The number of rotatable bonds is 5. The molecule has 0 aliphatic rings. The fourth-order valence-corrected chi connectivity index (χ4v) is 1.16. The van der Waals surface area contributed by atoms with E-state index in [0.717, 1.165) is 18.8 Å². The first-order valence-electron chi connectivity index (χ1n) is 4.81. The molecule has 0 spiro atoms. The van der Waals surface area contributed by atoms with Gasteiger partial charge in [-0.25, -0.2) is 0 Å². The minimum Gasteiger partial charge on any atom is -0.497 e. The summed E-state index contributed by atoms with van der Waals surface area (Å²) in [4.78, 5) is 0. The molecule has 0 aliphatic carbocycles. The number of ether oxygens (including phenoxy) is 1. The molecule has 0 aromatic heterocycles. The van der Waals surface area contributed by atoms with Gasteiger partial charge in [-0.15, -0.1) is 0 Å². The lowest BCUT2D eigenvalue weighted by atomic mass is 10.2. The molecule has 2 nitrogen and oxygen atoms in total. The Morgan fingerprint density at radius 2 is 2.00 bits per heavy atom. The predicted octanol–water partition coefficient (Wildman–Crippen LogP) is 2.36. The lowest BCUT2D eigenvalue weighted by Gasteiger charge is -2.03. The van der Waals surface area contributed by atoms with Gasteiger partial charge in [0, 0.05) is 13.1 Å². The number of allylic oxidation sites excluding steroid dienone is 1. The second-order valence-electron chi connectivity index (χ2n) is 3.05. The topological polar surface area (TPSA) is 21.3 Å². The van der Waals surface area contributed by atoms with Gasteiger partial charge in [-0.2, -0.15) is 0 Å². The molecule has 0 radical (unpaired) electrons. The Morgan fingerprint density at radius 1 is 1.29 bits per heavy atom. The van der Waals surface area contributed by atoms with Crippen molar-refractivity contribution in [2.75, 3.05) is 13.7 Å². The summed E-state index contributed by atoms with van der Waals surface area (Å²) in [5.41, 5.74) is 1.27. The number of hydrogen-bond acceptors (Lipinski definition) is 2. The molecule has 0 atom stereocenters. The van der Waals surface area contributed by atoms with Crippen molar-refractivity contribution in [2.45, 2.75) is 13.5 Å². The SMILES string of the molecule is CC=CCNCc1ccc(OC)cc1. The van der Waals surface area contributed by atoms with Crippen molar-refractivity contribution in [3.63, 3.8) is 0 Å². The number of benzene rings is 1. The molecule has 0 amide bonds. The zero-order valence-electron chi connectivity index (χ0n) is 8.79. The van der Waals surface area contributed by atoms with E-state index in [1.165, 1.54) is 5.56 Å². The van der Waals surface area contributed by atoms with Crippen LogP contribution in [-0.4, -0.2) is 13.7 Å². The fourth-order valence-electron chi connectivity index (χ4n) is 1.16. The van der Waals surface area contributed by atoms with Crippen molar-refractivity contribution in [3.8, 4) is 5.75 Å². The van der Waals surface area contributed by atoms with Crippen LogP contribution in [-0.2, 0) is 6.54 Å². The lowest BCUT2D eigenvalue weighted by Crippen LogP contribution is -2.12. The molecular weight excluding hydrogens is 174 g/mol. The smallest absolute Gasteiger partial charge is 0.118 e. The molecule has 76 valence electrons. The summed E-state index contributed by atoms with van der Waals surface area (Å²) in [5.74, 6) is 0.905. The van der Waals surface area contributed by atoms with E-state index in [-0.39, 0.29) is 0 Å². The van der Waals surface area contributed by atoms with Crippen LogP contribution in [0.25, 0.3) is 0 Å². The normalized spacial score (nSPS) is 10.7. The zero-order chi connectivity index (χ0) is 10.2. The molecule has 1 rings (SSSR count). The molecule has 0 bridgehead atoms. The molecule has 2 heteroatoms. The first-order chi connectivity index (χ1) is 6.86. The highest BCUT2D eigenvalue weighted by atomic mass is 16.5. The van der Waals surface area contributed by atoms with E-state index in [4.69, 9.17) is 4.74 Å². The van der Waals surface area contributed by atoms with Gasteiger partial charge in [0.15, 0.2) is 0 Å². The summed E-state index contributed by atoms with van der Waals surface area (Å²) in [6.45, 7) is 3.84. The Balaban J connectivity index is 2.36. The molecule has 1 aromatic carbocycles. The minimum atomic E-state index is 0.897. The Morgan fingerprint density at radius 3 is 2.57 bits per heavy atom. The average Bonchev–Trinajstić information content (AvgIpc) is 2.25. The van der Waals surface area contributed by atoms with Crippen molar-refractivity contribution < 1.29 is 4.74 Å². The van der Waals surface area contributed by atoms with E-state index < -0.39 is 0 Å². The Hall–Kier alpha value is -1.28. The molecule has 0 saturated heterocycles. The van der Waals surface area contributed by atoms with E-state index in [0.29, 0.717) is 0 Å². The highest BCUT2D eigenvalue weighted by Gasteiger charge is 1.92. The van der Waals surface area contributed by atoms with E-state index in [1.54, 1.807) is 7.11 Å². The second-order valence-corrected chi connectivity index (χ2v) is 3.05. The quantitative estimate of drug-likeness (QED) is 0.570. The van der Waals surface area contributed by atoms with Gasteiger partial charge in [0.2, 0.25) is 0 Å². The van der Waals surface area contributed by atoms with Gasteiger partial charge < -0.3 is 10.1 Å². The summed E-state index contributed by atoms with van der Waals surface area (Å²) in [6, 6.07) is 8.10. The van der Waals surface area contributed by atoms with Crippen molar-refractivity contribution in [2.24, 2.45) is 0 Å². The van der Waals surface area contributed by atoms with Gasteiger partial charge >= 0.3 is 0 Å². The summed E-state index contributed by atoms with van der Waals surface area (Å²) in [7, 11) is 1.68. The van der Waals surface area contributed by atoms with Crippen LogP contribution in [0.5, 0.6) is 5.75 Å². The first-order valence-corrected chi connectivity index (χ1v) is 4.81. The van der Waals surface area contributed by atoms with Crippen LogP contribution in [0.4, 0.5) is 0 Å². The number of methoxy groups -OCH3 is 1. The van der Waals surface area contributed by atoms with E-state index in [9.17, 15) is 0 Å². The summed E-state index contributed by atoms with van der Waals surface area (Å²) >= 11 is 0. The third-order valence-corrected chi connectivity index (χ3v) is 1.99.